The van der Waals surface area contributed by atoms with Gasteiger partial charge in [-0.15, -0.1) is 0 Å². The first kappa shape index (κ1) is 16.8. The number of hydrogen-bond donors (Lipinski definition) is 2. The maximum Gasteiger partial charge on any atom is 0.268 e. The first-order valence-electron chi connectivity index (χ1n) is 7.42. The van der Waals surface area contributed by atoms with Crippen molar-refractivity contribution >= 4 is 22.7 Å². The zero-order valence-corrected chi connectivity index (χ0v) is 12.9. The van der Waals surface area contributed by atoms with Crippen molar-refractivity contribution in [2.45, 2.75) is 18.4 Å². The van der Waals surface area contributed by atoms with Crippen molar-refractivity contribution in [3.63, 3.8) is 0 Å². The number of aromatic amines is 1. The van der Waals surface area contributed by atoms with Crippen LogP contribution in [0.2, 0.25) is 0 Å². The van der Waals surface area contributed by atoms with E-state index >= 15 is 0 Å². The highest BCUT2D eigenvalue weighted by atomic mass is 19.3. The Morgan fingerprint density at radius 3 is 2.92 bits per heavy atom. The number of benzene rings is 1. The van der Waals surface area contributed by atoms with Gasteiger partial charge in [-0.3, -0.25) is 9.59 Å². The van der Waals surface area contributed by atoms with Gasteiger partial charge in [-0.2, -0.15) is 5.26 Å². The molecule has 1 saturated heterocycles. The van der Waals surface area contributed by atoms with E-state index in [4.69, 9.17) is 5.26 Å². The first-order chi connectivity index (χ1) is 11.8. The van der Waals surface area contributed by atoms with Crippen LogP contribution >= 0.6 is 0 Å². The van der Waals surface area contributed by atoms with E-state index in [-0.39, 0.29) is 5.56 Å². The quantitative estimate of drug-likeness (QED) is 0.885. The third-order valence-electron chi connectivity index (χ3n) is 4.03. The molecule has 1 aliphatic heterocycles. The van der Waals surface area contributed by atoms with Gasteiger partial charge < -0.3 is 15.2 Å². The molecule has 1 aromatic heterocycles. The molecule has 130 valence electrons. The highest BCUT2D eigenvalue weighted by Crippen LogP contribution is 2.31. The topological polar surface area (TPSA) is 89.0 Å². The molecule has 9 heteroatoms. The summed E-state index contributed by atoms with van der Waals surface area (Å²) < 4.78 is 40.0. The van der Waals surface area contributed by atoms with E-state index in [0.717, 1.165) is 4.90 Å². The largest absolute Gasteiger partial charge is 0.360 e. The molecule has 0 unspecified atom stereocenters. The highest BCUT2D eigenvalue weighted by molar-refractivity contribution is 6.07. The monoisotopic (exact) mass is 350 g/mol. The third-order valence-corrected chi connectivity index (χ3v) is 4.03. The Labute approximate surface area is 140 Å². The molecule has 2 N–H and O–H groups in total. The van der Waals surface area contributed by atoms with Crippen LogP contribution in [0.15, 0.2) is 24.4 Å². The Morgan fingerprint density at radius 1 is 1.44 bits per heavy atom. The molecule has 1 aromatic carbocycles. The van der Waals surface area contributed by atoms with E-state index < -0.39 is 49.1 Å². The number of halogens is 3. The van der Waals surface area contributed by atoms with Gasteiger partial charge in [0.25, 0.3) is 11.8 Å². The van der Waals surface area contributed by atoms with E-state index in [0.29, 0.717) is 10.9 Å². The molecule has 1 aliphatic rings. The summed E-state index contributed by atoms with van der Waals surface area (Å²) in [5, 5.41) is 11.5. The van der Waals surface area contributed by atoms with E-state index in [9.17, 15) is 22.8 Å². The van der Waals surface area contributed by atoms with Gasteiger partial charge in [-0.25, -0.2) is 13.2 Å². The molecule has 6 nitrogen and oxygen atoms in total. The van der Waals surface area contributed by atoms with Crippen LogP contribution in [0.4, 0.5) is 13.2 Å². The normalized spacial score (nSPS) is 19.0. The Morgan fingerprint density at radius 2 is 2.20 bits per heavy atom. The number of amides is 2. The molecule has 0 saturated carbocycles. The van der Waals surface area contributed by atoms with Crippen LogP contribution in [0, 0.1) is 17.1 Å². The molecule has 0 aliphatic carbocycles. The van der Waals surface area contributed by atoms with Gasteiger partial charge in [0.2, 0.25) is 5.91 Å². The summed E-state index contributed by atoms with van der Waals surface area (Å²) >= 11 is 0. The summed E-state index contributed by atoms with van der Waals surface area (Å²) in [5.41, 5.74) is 0.674. The number of fused-ring (bicyclic) bond motifs is 1. The molecule has 1 fully saturated rings. The second-order valence-electron chi connectivity index (χ2n) is 5.80. The molecular weight excluding hydrogens is 337 g/mol. The summed E-state index contributed by atoms with van der Waals surface area (Å²) in [7, 11) is 0. The van der Waals surface area contributed by atoms with Gasteiger partial charge in [0.15, 0.2) is 0 Å². The average molecular weight is 350 g/mol. The molecule has 2 heterocycles. The molecule has 0 radical (unpaired) electrons. The van der Waals surface area contributed by atoms with Crippen LogP contribution in [0.5, 0.6) is 0 Å². The van der Waals surface area contributed by atoms with Crippen molar-refractivity contribution in [3.8, 4) is 6.07 Å². The van der Waals surface area contributed by atoms with Crippen LogP contribution in [0.1, 0.15) is 16.8 Å². The van der Waals surface area contributed by atoms with Crippen molar-refractivity contribution in [1.29, 1.82) is 5.26 Å². The van der Waals surface area contributed by atoms with Gasteiger partial charge in [0, 0.05) is 23.5 Å². The maximum absolute atomic E-state index is 13.4. The van der Waals surface area contributed by atoms with Crippen molar-refractivity contribution in [2.24, 2.45) is 0 Å². The third kappa shape index (κ3) is 3.28. The summed E-state index contributed by atoms with van der Waals surface area (Å²) in [6, 6.07) is 4.32. The van der Waals surface area contributed by atoms with Gasteiger partial charge in [-0.05, 0) is 18.2 Å². The Kier molecular flexibility index (Phi) is 4.12. The number of nitriles is 1. The molecule has 2 amide bonds. The number of H-pyrrole nitrogens is 1. The van der Waals surface area contributed by atoms with Crippen molar-refractivity contribution < 1.29 is 22.8 Å². The van der Waals surface area contributed by atoms with Crippen LogP contribution in [0.3, 0.4) is 0 Å². The number of likely N-dealkylation sites (tertiary alicyclic amines) is 1. The van der Waals surface area contributed by atoms with Crippen LogP contribution in [0.25, 0.3) is 10.9 Å². The Bertz CT molecular complexity index is 887. The van der Waals surface area contributed by atoms with Crippen molar-refractivity contribution in [2.75, 3.05) is 13.1 Å². The summed E-state index contributed by atoms with van der Waals surface area (Å²) in [6.07, 6.45) is 0.650. The molecule has 1 atom stereocenters. The average Bonchev–Trinajstić information content (AvgIpc) is 3.12. The van der Waals surface area contributed by atoms with E-state index in [1.807, 2.05) is 0 Å². The molecule has 0 spiro atoms. The lowest BCUT2D eigenvalue weighted by Gasteiger charge is -2.19. The lowest BCUT2D eigenvalue weighted by Crippen LogP contribution is -2.42. The smallest absolute Gasteiger partial charge is 0.268 e. The van der Waals surface area contributed by atoms with E-state index in [1.54, 1.807) is 6.07 Å². The fourth-order valence-electron chi connectivity index (χ4n) is 2.83. The minimum Gasteiger partial charge on any atom is -0.360 e. The zero-order chi connectivity index (χ0) is 18.2. The lowest BCUT2D eigenvalue weighted by molar-refractivity contribution is -0.131. The second-order valence-corrected chi connectivity index (χ2v) is 5.80. The number of aromatic nitrogens is 1. The number of alkyl halides is 2. The fourth-order valence-corrected chi connectivity index (χ4v) is 2.83. The lowest BCUT2D eigenvalue weighted by atomic mass is 10.1. The van der Waals surface area contributed by atoms with Crippen LogP contribution < -0.4 is 5.32 Å². The zero-order valence-electron chi connectivity index (χ0n) is 12.9. The van der Waals surface area contributed by atoms with E-state index in [1.165, 1.54) is 24.4 Å². The summed E-state index contributed by atoms with van der Waals surface area (Å²) in [6.45, 7) is -1.38. The highest BCUT2D eigenvalue weighted by Gasteiger charge is 2.47. The predicted octanol–water partition coefficient (Wildman–Crippen LogP) is 1.80. The van der Waals surface area contributed by atoms with Crippen molar-refractivity contribution in [3.05, 3.63) is 35.8 Å². The number of carbonyl (C=O) groups is 2. The molecular formula is C16H13F3N4O2. The van der Waals surface area contributed by atoms with Crippen molar-refractivity contribution in [1.82, 2.24) is 15.2 Å². The molecule has 3 rings (SSSR count). The minimum atomic E-state index is -3.12. The van der Waals surface area contributed by atoms with Gasteiger partial charge >= 0.3 is 0 Å². The van der Waals surface area contributed by atoms with Gasteiger partial charge in [-0.1, -0.05) is 0 Å². The summed E-state index contributed by atoms with van der Waals surface area (Å²) in [4.78, 5) is 27.8. The minimum absolute atomic E-state index is 0.130. The standard InChI is InChI=1S/C16H13F3N4O2/c17-9-1-2-13-11(3-9)12(6-21-13)15(25)22-7-14(24)23-8-16(18,19)4-10(23)5-20/h1-3,6,10,21H,4,7-8H2,(H,22,25)/t10-/m0/s1. The van der Waals surface area contributed by atoms with Gasteiger partial charge in [0.05, 0.1) is 24.7 Å². The SMILES string of the molecule is N#C[C@@H]1CC(F)(F)CN1C(=O)CNC(=O)c1c[nH]c2ccc(F)cc12. The van der Waals surface area contributed by atoms with E-state index in [2.05, 4.69) is 10.3 Å². The number of carbonyl (C=O) groups excluding carboxylic acids is 2. The number of nitrogens with one attached hydrogen (secondary N) is 2. The van der Waals surface area contributed by atoms with Crippen LogP contribution in [-0.2, 0) is 4.79 Å². The second kappa shape index (κ2) is 6.12. The van der Waals surface area contributed by atoms with Crippen LogP contribution in [-0.4, -0.2) is 46.8 Å². The van der Waals surface area contributed by atoms with Gasteiger partial charge in [0.1, 0.15) is 11.9 Å². The number of hydrogen-bond acceptors (Lipinski definition) is 3. The fraction of sp³-hybridized carbons (Fsp3) is 0.312. The Hall–Kier alpha value is -3.02. The molecule has 2 aromatic rings. The predicted molar refractivity (Wildman–Crippen MR) is 81.3 cm³/mol. The number of nitrogens with zero attached hydrogens (tertiary/aromatic N) is 2. The maximum atomic E-state index is 13.4. The summed E-state index contributed by atoms with van der Waals surface area (Å²) in [5.74, 6) is -5.06. The first-order valence-corrected chi connectivity index (χ1v) is 7.42. The number of rotatable bonds is 3. The Balaban J connectivity index is 1.69. The molecule has 25 heavy (non-hydrogen) atoms. The molecule has 0 bridgehead atoms.